The summed E-state index contributed by atoms with van der Waals surface area (Å²) in [6.45, 7) is 4.05. The lowest BCUT2D eigenvalue weighted by atomic mass is 10.3. The normalized spacial score (nSPS) is 9.67. The van der Waals surface area contributed by atoms with E-state index in [0.29, 0.717) is 0 Å². The molecular weight excluding hydrogens is 134 g/mol. The Morgan fingerprint density at radius 2 is 2.11 bits per heavy atom. The first-order chi connectivity index (χ1) is 4.25. The van der Waals surface area contributed by atoms with Crippen LogP contribution in [0.2, 0.25) is 0 Å². The summed E-state index contributed by atoms with van der Waals surface area (Å²) in [4.78, 5) is 1.23. The van der Waals surface area contributed by atoms with E-state index in [4.69, 9.17) is 4.74 Å². The summed E-state index contributed by atoms with van der Waals surface area (Å²) in [6, 6.07) is 0. The van der Waals surface area contributed by atoms with Gasteiger partial charge in [-0.2, -0.15) is 4.37 Å². The molecule has 1 rings (SSSR count). The molecule has 0 saturated carbocycles. The second kappa shape index (κ2) is 2.35. The van der Waals surface area contributed by atoms with Gasteiger partial charge < -0.3 is 4.74 Å². The molecular formula is C6H9NOS. The van der Waals surface area contributed by atoms with Crippen LogP contribution >= 0.6 is 11.5 Å². The van der Waals surface area contributed by atoms with Gasteiger partial charge >= 0.3 is 0 Å². The molecule has 9 heavy (non-hydrogen) atoms. The van der Waals surface area contributed by atoms with Crippen molar-refractivity contribution < 1.29 is 4.74 Å². The quantitative estimate of drug-likeness (QED) is 0.597. The zero-order valence-electron chi connectivity index (χ0n) is 5.76. The van der Waals surface area contributed by atoms with E-state index in [1.165, 1.54) is 16.4 Å². The Morgan fingerprint density at radius 3 is 2.33 bits per heavy atom. The van der Waals surface area contributed by atoms with E-state index in [0.717, 1.165) is 11.4 Å². The highest BCUT2D eigenvalue weighted by Gasteiger charge is 2.03. The first-order valence-corrected chi connectivity index (χ1v) is 3.50. The summed E-state index contributed by atoms with van der Waals surface area (Å²) in [6.07, 6.45) is 0. The second-order valence-corrected chi connectivity index (χ2v) is 2.85. The van der Waals surface area contributed by atoms with E-state index in [1.807, 2.05) is 13.8 Å². The smallest absolute Gasteiger partial charge is 0.228 e. The fourth-order valence-electron chi connectivity index (χ4n) is 0.588. The Labute approximate surface area is 58.6 Å². The van der Waals surface area contributed by atoms with Crippen molar-refractivity contribution in [3.8, 4) is 5.88 Å². The molecule has 3 heteroatoms. The summed E-state index contributed by atoms with van der Waals surface area (Å²) in [5.74, 6) is 0.762. The van der Waals surface area contributed by atoms with E-state index in [1.54, 1.807) is 7.11 Å². The molecule has 50 valence electrons. The number of aromatic nitrogens is 1. The van der Waals surface area contributed by atoms with Gasteiger partial charge in [0.25, 0.3) is 0 Å². The Balaban J connectivity index is 3.04. The standard InChI is InChI=1S/C6H9NOS/c1-4-5(2)9-7-6(4)8-3/h1-3H3. The number of aryl methyl sites for hydroxylation is 1. The third kappa shape index (κ3) is 1.05. The molecule has 0 fully saturated rings. The number of ether oxygens (including phenoxy) is 1. The molecule has 0 aliphatic rings. The monoisotopic (exact) mass is 143 g/mol. The SMILES string of the molecule is COc1nsc(C)c1C. The van der Waals surface area contributed by atoms with Crippen LogP contribution in [0.1, 0.15) is 10.4 Å². The third-order valence-electron chi connectivity index (χ3n) is 1.31. The van der Waals surface area contributed by atoms with Crippen LogP contribution in [0.3, 0.4) is 0 Å². The molecule has 0 unspecified atom stereocenters. The van der Waals surface area contributed by atoms with Gasteiger partial charge in [0.05, 0.1) is 7.11 Å². The summed E-state index contributed by atoms with van der Waals surface area (Å²) in [5.41, 5.74) is 1.16. The van der Waals surface area contributed by atoms with Crippen LogP contribution in [0, 0.1) is 13.8 Å². The number of hydrogen-bond donors (Lipinski definition) is 0. The van der Waals surface area contributed by atoms with E-state index >= 15 is 0 Å². The summed E-state index contributed by atoms with van der Waals surface area (Å²) in [7, 11) is 1.64. The average Bonchev–Trinajstić information content (AvgIpc) is 2.15. The molecule has 0 spiro atoms. The molecule has 0 bridgehead atoms. The van der Waals surface area contributed by atoms with Gasteiger partial charge in [-0.15, -0.1) is 0 Å². The Bertz CT molecular complexity index is 207. The average molecular weight is 143 g/mol. The van der Waals surface area contributed by atoms with Crippen LogP contribution in [0.15, 0.2) is 0 Å². The van der Waals surface area contributed by atoms with Crippen LogP contribution in [0.5, 0.6) is 5.88 Å². The van der Waals surface area contributed by atoms with E-state index < -0.39 is 0 Å². The number of hydrogen-bond acceptors (Lipinski definition) is 3. The molecule has 0 aromatic carbocycles. The van der Waals surface area contributed by atoms with Gasteiger partial charge in [-0.05, 0) is 25.4 Å². The maximum Gasteiger partial charge on any atom is 0.228 e. The number of methoxy groups -OCH3 is 1. The zero-order chi connectivity index (χ0) is 6.85. The second-order valence-electron chi connectivity index (χ2n) is 1.87. The van der Waals surface area contributed by atoms with E-state index in [9.17, 15) is 0 Å². The molecule has 2 nitrogen and oxygen atoms in total. The van der Waals surface area contributed by atoms with Crippen LogP contribution in [-0.4, -0.2) is 11.5 Å². The van der Waals surface area contributed by atoms with Crippen LogP contribution in [0.4, 0.5) is 0 Å². The Kier molecular flexibility index (Phi) is 1.71. The van der Waals surface area contributed by atoms with E-state index in [2.05, 4.69) is 4.37 Å². The van der Waals surface area contributed by atoms with Crippen molar-refractivity contribution in [2.75, 3.05) is 7.11 Å². The molecule has 0 amide bonds. The summed E-state index contributed by atoms with van der Waals surface area (Å²) in [5, 5.41) is 0. The van der Waals surface area contributed by atoms with Gasteiger partial charge in [0, 0.05) is 10.4 Å². The summed E-state index contributed by atoms with van der Waals surface area (Å²) >= 11 is 1.48. The number of rotatable bonds is 1. The van der Waals surface area contributed by atoms with Crippen LogP contribution < -0.4 is 4.74 Å². The van der Waals surface area contributed by atoms with Crippen LogP contribution in [0.25, 0.3) is 0 Å². The highest BCUT2D eigenvalue weighted by atomic mass is 32.1. The molecule has 0 radical (unpaired) electrons. The Morgan fingerprint density at radius 1 is 1.44 bits per heavy atom. The summed E-state index contributed by atoms with van der Waals surface area (Å²) < 4.78 is 9.02. The van der Waals surface area contributed by atoms with Crippen molar-refractivity contribution >= 4 is 11.5 Å². The topological polar surface area (TPSA) is 22.1 Å². The molecule has 0 atom stereocenters. The highest BCUT2D eigenvalue weighted by Crippen LogP contribution is 2.22. The lowest BCUT2D eigenvalue weighted by Crippen LogP contribution is -1.83. The molecule has 0 aliphatic heterocycles. The van der Waals surface area contributed by atoms with Crippen LogP contribution in [-0.2, 0) is 0 Å². The van der Waals surface area contributed by atoms with Gasteiger partial charge in [-0.25, -0.2) is 0 Å². The van der Waals surface area contributed by atoms with Crippen molar-refractivity contribution in [2.24, 2.45) is 0 Å². The van der Waals surface area contributed by atoms with Gasteiger partial charge in [-0.1, -0.05) is 0 Å². The fourth-order valence-corrected chi connectivity index (χ4v) is 1.24. The molecule has 1 aromatic rings. The lowest BCUT2D eigenvalue weighted by Gasteiger charge is -1.92. The van der Waals surface area contributed by atoms with Gasteiger partial charge in [0.2, 0.25) is 5.88 Å². The van der Waals surface area contributed by atoms with Gasteiger partial charge in [0.15, 0.2) is 0 Å². The first-order valence-electron chi connectivity index (χ1n) is 2.72. The maximum atomic E-state index is 4.97. The lowest BCUT2D eigenvalue weighted by molar-refractivity contribution is 0.399. The molecule has 0 N–H and O–H groups in total. The van der Waals surface area contributed by atoms with Gasteiger partial charge in [0.1, 0.15) is 0 Å². The maximum absolute atomic E-state index is 4.97. The molecule has 0 aliphatic carbocycles. The predicted octanol–water partition coefficient (Wildman–Crippen LogP) is 1.77. The third-order valence-corrected chi connectivity index (χ3v) is 2.14. The predicted molar refractivity (Wildman–Crippen MR) is 38.1 cm³/mol. The fraction of sp³-hybridized carbons (Fsp3) is 0.500. The van der Waals surface area contributed by atoms with E-state index in [-0.39, 0.29) is 0 Å². The minimum Gasteiger partial charge on any atom is -0.480 e. The van der Waals surface area contributed by atoms with Crippen molar-refractivity contribution in [1.29, 1.82) is 0 Å². The van der Waals surface area contributed by atoms with Crippen molar-refractivity contribution in [1.82, 2.24) is 4.37 Å². The van der Waals surface area contributed by atoms with Crippen molar-refractivity contribution in [3.63, 3.8) is 0 Å². The van der Waals surface area contributed by atoms with Gasteiger partial charge in [-0.3, -0.25) is 0 Å². The molecule has 0 saturated heterocycles. The minimum absolute atomic E-state index is 0.762. The minimum atomic E-state index is 0.762. The van der Waals surface area contributed by atoms with Crippen molar-refractivity contribution in [3.05, 3.63) is 10.4 Å². The largest absolute Gasteiger partial charge is 0.480 e. The molecule has 1 aromatic heterocycles. The molecule has 1 heterocycles. The van der Waals surface area contributed by atoms with Crippen molar-refractivity contribution in [2.45, 2.75) is 13.8 Å². The highest BCUT2D eigenvalue weighted by molar-refractivity contribution is 7.06. The Hall–Kier alpha value is -0.570. The first kappa shape index (κ1) is 6.55. The zero-order valence-corrected chi connectivity index (χ0v) is 6.58. The number of nitrogens with zero attached hydrogens (tertiary/aromatic N) is 1.